The lowest BCUT2D eigenvalue weighted by Crippen LogP contribution is -2.54. The second-order valence-electron chi connectivity index (χ2n) is 8.82. The lowest BCUT2D eigenvalue weighted by molar-refractivity contribution is -0.155. The van der Waals surface area contributed by atoms with Gasteiger partial charge in [-0.05, 0) is 29.0 Å². The van der Waals surface area contributed by atoms with Gasteiger partial charge in [-0.2, -0.15) is 8.78 Å². The number of benzene rings is 2. The number of carbonyl (C=O) groups excluding carboxylic acids is 4. The number of alkyl halides is 2. The first kappa shape index (κ1) is 27.0. The number of hydrogen-bond acceptors (Lipinski definition) is 4. The number of nitrogens with one attached hydrogen (secondary N) is 1. The number of nitrogens with zero attached hydrogens (tertiary/aromatic N) is 2. The Bertz CT molecular complexity index is 1340. The van der Waals surface area contributed by atoms with Crippen LogP contribution in [-0.4, -0.2) is 78.7 Å². The normalized spacial score (nSPS) is 18.0. The van der Waals surface area contributed by atoms with Gasteiger partial charge in [0.05, 0.1) is 15.7 Å². The van der Waals surface area contributed by atoms with E-state index in [1.165, 1.54) is 23.1 Å². The van der Waals surface area contributed by atoms with E-state index in [-0.39, 0.29) is 51.3 Å². The van der Waals surface area contributed by atoms with E-state index in [4.69, 9.17) is 51.0 Å². The van der Waals surface area contributed by atoms with Gasteiger partial charge in [0.1, 0.15) is 21.7 Å². The first-order valence-corrected chi connectivity index (χ1v) is 11.2. The minimum absolute atomic E-state index is 0.0234. The summed E-state index contributed by atoms with van der Waals surface area (Å²) in [6.45, 7) is -0.0393. The number of carbonyl (C=O) groups is 4. The number of hydrogen-bond donors (Lipinski definition) is 1. The third kappa shape index (κ3) is 4.60. The van der Waals surface area contributed by atoms with Crippen molar-refractivity contribution in [2.75, 3.05) is 0 Å². The number of fused-ring (bicyclic) bond motifs is 1. The predicted octanol–water partition coefficient (Wildman–Crippen LogP) is -1.16. The number of halogens is 3. The summed E-state index contributed by atoms with van der Waals surface area (Å²) in [5.74, 6) is -7.70. The molecule has 1 fully saturated rings. The third-order valence-corrected chi connectivity index (χ3v) is 6.80. The fourth-order valence-electron chi connectivity index (χ4n) is 4.26. The molecule has 10 radical (unpaired) electrons. The van der Waals surface area contributed by atoms with Crippen LogP contribution in [0, 0.1) is 0 Å². The summed E-state index contributed by atoms with van der Waals surface area (Å²) in [7, 11) is 29.0. The van der Waals surface area contributed by atoms with Gasteiger partial charge in [-0.15, -0.1) is 0 Å². The molecule has 7 nitrogen and oxygen atoms in total. The minimum atomic E-state index is -4.24. The summed E-state index contributed by atoms with van der Waals surface area (Å²) in [6, 6.07) is 4.63. The molecule has 0 saturated carbocycles. The van der Waals surface area contributed by atoms with Crippen molar-refractivity contribution >= 4 is 85.5 Å². The molecule has 1 N–H and O–H groups in total. The van der Waals surface area contributed by atoms with Crippen molar-refractivity contribution in [1.29, 1.82) is 0 Å². The van der Waals surface area contributed by atoms with Crippen LogP contribution >= 0.6 is 11.6 Å². The fraction of sp³-hybridized carbons (Fsp3) is 0.273. The summed E-state index contributed by atoms with van der Waals surface area (Å²) < 4.78 is 30.2. The van der Waals surface area contributed by atoms with Crippen LogP contribution in [0.1, 0.15) is 39.9 Å². The van der Waals surface area contributed by atoms with Crippen molar-refractivity contribution in [2.24, 2.45) is 0 Å². The monoisotopic (exact) mass is 511 g/mol. The Kier molecular flexibility index (Phi) is 6.86. The van der Waals surface area contributed by atoms with Gasteiger partial charge in [0.25, 0.3) is 11.8 Å². The first-order valence-electron chi connectivity index (χ1n) is 10.8. The number of imide groups is 1. The van der Waals surface area contributed by atoms with Gasteiger partial charge in [0, 0.05) is 29.1 Å². The molecule has 0 aromatic heterocycles. The summed E-state index contributed by atoms with van der Waals surface area (Å²) in [4.78, 5) is 50.5. The Labute approximate surface area is 222 Å². The molecule has 0 aliphatic carbocycles. The van der Waals surface area contributed by atoms with Crippen molar-refractivity contribution in [1.82, 2.24) is 15.0 Å². The van der Waals surface area contributed by atoms with Gasteiger partial charge in [-0.3, -0.25) is 24.5 Å². The van der Waals surface area contributed by atoms with Crippen LogP contribution in [0.25, 0.3) is 0 Å². The maximum Gasteiger partial charge on any atom is 0.348 e. The van der Waals surface area contributed by atoms with E-state index in [1.807, 2.05) is 0 Å². The highest BCUT2D eigenvalue weighted by Crippen LogP contribution is 2.35. The van der Waals surface area contributed by atoms with Crippen LogP contribution in [0.4, 0.5) is 8.78 Å². The quantitative estimate of drug-likeness (QED) is 0.406. The van der Waals surface area contributed by atoms with E-state index in [1.54, 1.807) is 0 Å². The molecule has 1 saturated heterocycles. The maximum atomic E-state index is 15.1. The SMILES string of the molecule is [B]c1cc(C(F)(F)C(=O)N([B])C([B])([B])c2ccc3c(c2)CN(C2CCC(=O)NC2=O)C3=O)cc([B])c1Cl. The average molecular weight is 511 g/mol. The zero-order valence-electron chi connectivity index (χ0n) is 19.1. The Morgan fingerprint density at radius 3 is 2.30 bits per heavy atom. The highest BCUT2D eigenvalue weighted by molar-refractivity contribution is 6.52. The zero-order valence-corrected chi connectivity index (χ0v) is 19.9. The van der Waals surface area contributed by atoms with Gasteiger partial charge in [0.2, 0.25) is 19.8 Å². The maximum absolute atomic E-state index is 15.1. The topological polar surface area (TPSA) is 86.8 Å². The minimum Gasteiger partial charge on any atom is -0.398 e. The first-order chi connectivity index (χ1) is 17.2. The smallest absolute Gasteiger partial charge is 0.348 e. The lowest BCUT2D eigenvalue weighted by atomic mass is 9.55. The van der Waals surface area contributed by atoms with E-state index in [0.717, 1.165) is 12.1 Å². The molecule has 2 aliphatic rings. The predicted molar refractivity (Wildman–Crippen MR) is 134 cm³/mol. The van der Waals surface area contributed by atoms with Gasteiger partial charge in [-0.1, -0.05) is 46.8 Å². The molecule has 2 heterocycles. The highest BCUT2D eigenvalue weighted by atomic mass is 35.5. The molecule has 1 unspecified atom stereocenters. The Morgan fingerprint density at radius 2 is 1.70 bits per heavy atom. The fourth-order valence-corrected chi connectivity index (χ4v) is 4.37. The molecule has 2 aliphatic heterocycles. The second-order valence-corrected chi connectivity index (χ2v) is 9.19. The van der Waals surface area contributed by atoms with E-state index in [9.17, 15) is 19.2 Å². The van der Waals surface area contributed by atoms with Crippen LogP contribution in [-0.2, 0) is 32.2 Å². The van der Waals surface area contributed by atoms with Crippen molar-refractivity contribution in [3.63, 3.8) is 0 Å². The molecule has 0 bridgehead atoms. The van der Waals surface area contributed by atoms with Gasteiger partial charge >= 0.3 is 5.92 Å². The van der Waals surface area contributed by atoms with Crippen LogP contribution in [0.5, 0.6) is 0 Å². The van der Waals surface area contributed by atoms with Crippen LogP contribution < -0.4 is 16.2 Å². The van der Waals surface area contributed by atoms with E-state index in [2.05, 4.69) is 5.32 Å². The van der Waals surface area contributed by atoms with Gasteiger partial charge < -0.3 is 9.71 Å². The van der Waals surface area contributed by atoms with E-state index < -0.39 is 46.5 Å². The molecule has 2 aromatic rings. The standard InChI is InChI=1S/C22H13B5ClF2N3O4/c23-13-6-11(7-14(24)17(13)28)21(29,30)20(37)33(27)22(25,26)10-1-2-12-9(5-10)8-32(19(12)36)15-3-4-16(34)31-18(15)35/h1-2,5-7,15H,3-4,8H2,(H,31,34,35). The number of amides is 4. The Balaban J connectivity index is 1.59. The summed E-state index contributed by atoms with van der Waals surface area (Å²) in [5.41, 5.74) is -0.893. The molecule has 0 spiro atoms. The lowest BCUT2D eigenvalue weighted by Gasteiger charge is -2.40. The molecule has 4 amide bonds. The number of piperidine rings is 1. The molecule has 2 aromatic carbocycles. The van der Waals surface area contributed by atoms with E-state index >= 15 is 8.78 Å². The molecule has 37 heavy (non-hydrogen) atoms. The van der Waals surface area contributed by atoms with Crippen molar-refractivity contribution in [3.05, 3.63) is 57.6 Å². The Hall–Kier alpha value is -3.01. The van der Waals surface area contributed by atoms with Gasteiger partial charge in [-0.25, -0.2) is 0 Å². The molecular weight excluding hydrogens is 498 g/mol. The van der Waals surface area contributed by atoms with Crippen LogP contribution in [0.15, 0.2) is 30.3 Å². The summed E-state index contributed by atoms with van der Waals surface area (Å²) >= 11 is 5.81. The van der Waals surface area contributed by atoms with Crippen molar-refractivity contribution in [2.45, 2.75) is 36.7 Å². The zero-order chi connectivity index (χ0) is 27.4. The number of rotatable bonds is 5. The largest absolute Gasteiger partial charge is 0.398 e. The Morgan fingerprint density at radius 1 is 1.08 bits per heavy atom. The molecule has 1 atom stereocenters. The van der Waals surface area contributed by atoms with Crippen LogP contribution in [0.3, 0.4) is 0 Å². The van der Waals surface area contributed by atoms with Crippen LogP contribution in [0.2, 0.25) is 5.02 Å². The van der Waals surface area contributed by atoms with E-state index in [0.29, 0.717) is 5.56 Å². The summed E-state index contributed by atoms with van der Waals surface area (Å²) in [5, 5.41) is -0.403. The van der Waals surface area contributed by atoms with Crippen molar-refractivity contribution < 1.29 is 28.0 Å². The van der Waals surface area contributed by atoms with Gasteiger partial charge in [0.15, 0.2) is 0 Å². The molecule has 15 heteroatoms. The third-order valence-electron chi connectivity index (χ3n) is 6.36. The highest BCUT2D eigenvalue weighted by Gasteiger charge is 2.46. The average Bonchev–Trinajstić information content (AvgIpc) is 3.16. The molecular formula is C22H13B5ClF2N3O4. The van der Waals surface area contributed by atoms with Crippen molar-refractivity contribution in [3.8, 4) is 0 Å². The summed E-state index contributed by atoms with van der Waals surface area (Å²) in [6.07, 6.45) is 0.217. The molecule has 4 rings (SSSR count). The molecule has 176 valence electrons. The second kappa shape index (κ2) is 9.38.